The zero-order valence-electron chi connectivity index (χ0n) is 19.5. The molecule has 9 nitrogen and oxygen atoms in total. The van der Waals surface area contributed by atoms with Gasteiger partial charge in [-0.1, -0.05) is 12.1 Å². The predicted molar refractivity (Wildman–Crippen MR) is 127 cm³/mol. The van der Waals surface area contributed by atoms with Gasteiger partial charge >= 0.3 is 6.09 Å². The van der Waals surface area contributed by atoms with Gasteiger partial charge in [-0.25, -0.2) is 4.79 Å². The summed E-state index contributed by atoms with van der Waals surface area (Å²) in [5, 5.41) is 11.9. The molecule has 5 rings (SSSR count). The van der Waals surface area contributed by atoms with Crippen LogP contribution in [-0.2, 0) is 27.2 Å². The topological polar surface area (TPSA) is 116 Å². The van der Waals surface area contributed by atoms with Crippen molar-refractivity contribution in [3.63, 3.8) is 0 Å². The molecule has 2 aromatic rings. The van der Waals surface area contributed by atoms with Crippen molar-refractivity contribution in [3.05, 3.63) is 47.8 Å². The predicted octanol–water partition coefficient (Wildman–Crippen LogP) is 2.30. The van der Waals surface area contributed by atoms with Crippen molar-refractivity contribution in [2.75, 3.05) is 24.5 Å². The average molecular weight is 474 g/mol. The molecule has 3 amide bonds. The molecule has 1 aromatic carbocycles. The van der Waals surface area contributed by atoms with Gasteiger partial charge in [0.2, 0.25) is 12.3 Å². The van der Waals surface area contributed by atoms with E-state index in [4.69, 9.17) is 10.00 Å². The van der Waals surface area contributed by atoms with Crippen molar-refractivity contribution in [2.45, 2.75) is 38.3 Å². The van der Waals surface area contributed by atoms with Gasteiger partial charge < -0.3 is 15.0 Å². The van der Waals surface area contributed by atoms with Crippen LogP contribution in [0.1, 0.15) is 24.6 Å². The van der Waals surface area contributed by atoms with E-state index in [1.807, 2.05) is 30.5 Å². The van der Waals surface area contributed by atoms with Gasteiger partial charge in [-0.15, -0.1) is 0 Å². The molecule has 4 heterocycles. The number of benzene rings is 1. The lowest BCUT2D eigenvalue weighted by atomic mass is 9.89. The van der Waals surface area contributed by atoms with Crippen molar-refractivity contribution < 1.29 is 19.1 Å². The molecule has 9 heteroatoms. The molecule has 0 spiro atoms. The van der Waals surface area contributed by atoms with E-state index < -0.39 is 0 Å². The Kier molecular flexibility index (Phi) is 6.12. The zero-order valence-corrected chi connectivity index (χ0v) is 19.5. The van der Waals surface area contributed by atoms with E-state index in [9.17, 15) is 14.4 Å². The SMILES string of the molecule is CC(=O)NCC1OC(=O)N2c3ccc(-c4ccc(CC5CN(C=O)CC5CC#N)nc4)cc3C[C@@H]12. The van der Waals surface area contributed by atoms with Gasteiger partial charge in [0, 0.05) is 43.9 Å². The summed E-state index contributed by atoms with van der Waals surface area (Å²) in [7, 11) is 0. The number of rotatable bonds is 7. The van der Waals surface area contributed by atoms with E-state index in [1.165, 1.54) is 6.92 Å². The summed E-state index contributed by atoms with van der Waals surface area (Å²) in [6.07, 6.45) is 3.81. The second-order valence-corrected chi connectivity index (χ2v) is 9.53. The maximum Gasteiger partial charge on any atom is 0.415 e. The third-order valence-electron chi connectivity index (χ3n) is 7.27. The highest BCUT2D eigenvalue weighted by Crippen LogP contribution is 2.40. The van der Waals surface area contributed by atoms with Crippen molar-refractivity contribution in [3.8, 4) is 17.2 Å². The quantitative estimate of drug-likeness (QED) is 0.617. The van der Waals surface area contributed by atoms with Gasteiger partial charge in [-0.2, -0.15) is 5.26 Å². The van der Waals surface area contributed by atoms with Crippen LogP contribution < -0.4 is 10.2 Å². The van der Waals surface area contributed by atoms with Crippen molar-refractivity contribution in [1.29, 1.82) is 5.26 Å². The highest BCUT2D eigenvalue weighted by atomic mass is 16.6. The minimum Gasteiger partial charge on any atom is -0.442 e. The Bertz CT molecular complexity index is 1190. The molecule has 2 fully saturated rings. The molecule has 0 saturated carbocycles. The first-order valence-corrected chi connectivity index (χ1v) is 11.9. The minimum atomic E-state index is -0.377. The Hall–Kier alpha value is -3.93. The molecule has 3 aliphatic rings. The fourth-order valence-electron chi connectivity index (χ4n) is 5.50. The first-order valence-electron chi connectivity index (χ1n) is 11.9. The van der Waals surface area contributed by atoms with Gasteiger partial charge in [0.05, 0.1) is 24.3 Å². The third-order valence-corrected chi connectivity index (χ3v) is 7.27. The number of hydrogen-bond acceptors (Lipinski definition) is 6. The summed E-state index contributed by atoms with van der Waals surface area (Å²) in [6, 6.07) is 12.2. The largest absolute Gasteiger partial charge is 0.442 e. The Labute approximate surface area is 203 Å². The van der Waals surface area contributed by atoms with Crippen LogP contribution in [0.15, 0.2) is 36.5 Å². The van der Waals surface area contributed by atoms with Crippen LogP contribution in [0, 0.1) is 23.2 Å². The number of amides is 3. The summed E-state index contributed by atoms with van der Waals surface area (Å²) in [4.78, 5) is 43.0. The smallest absolute Gasteiger partial charge is 0.415 e. The number of nitrogens with zero attached hydrogens (tertiary/aromatic N) is 4. The highest BCUT2D eigenvalue weighted by Gasteiger charge is 2.47. The number of carbonyl (C=O) groups is 3. The second kappa shape index (κ2) is 9.37. The molecule has 3 aliphatic heterocycles. The van der Waals surface area contributed by atoms with Crippen molar-refractivity contribution in [1.82, 2.24) is 15.2 Å². The zero-order chi connectivity index (χ0) is 24.5. The number of ether oxygens (including phenoxy) is 1. The molecule has 0 aliphatic carbocycles. The molecule has 0 radical (unpaired) electrons. The number of anilines is 1. The lowest BCUT2D eigenvalue weighted by molar-refractivity contribution is -0.119. The molecule has 1 aromatic heterocycles. The Morgan fingerprint density at radius 2 is 2.06 bits per heavy atom. The van der Waals surface area contributed by atoms with Gasteiger partial charge in [0.15, 0.2) is 0 Å². The number of pyridine rings is 1. The third kappa shape index (κ3) is 4.44. The van der Waals surface area contributed by atoms with Gasteiger partial charge in [-0.05, 0) is 54.0 Å². The molecular weight excluding hydrogens is 446 g/mol. The number of fused-ring (bicyclic) bond motifs is 3. The van der Waals surface area contributed by atoms with Gasteiger partial charge in [0.25, 0.3) is 0 Å². The minimum absolute atomic E-state index is 0.126. The number of cyclic esters (lactones) is 1. The summed E-state index contributed by atoms with van der Waals surface area (Å²) in [6.45, 7) is 3.04. The van der Waals surface area contributed by atoms with E-state index in [0.717, 1.165) is 40.9 Å². The lowest BCUT2D eigenvalue weighted by Crippen LogP contribution is -2.40. The Balaban J connectivity index is 1.29. The van der Waals surface area contributed by atoms with E-state index in [1.54, 1.807) is 9.80 Å². The molecule has 3 unspecified atom stereocenters. The molecular formula is C26H27N5O4. The Morgan fingerprint density at radius 1 is 1.26 bits per heavy atom. The van der Waals surface area contributed by atoms with Crippen LogP contribution in [0.5, 0.6) is 0 Å². The fourth-order valence-corrected chi connectivity index (χ4v) is 5.50. The molecule has 2 saturated heterocycles. The first-order chi connectivity index (χ1) is 17.0. The monoisotopic (exact) mass is 473 g/mol. The molecule has 0 bridgehead atoms. The van der Waals surface area contributed by atoms with E-state index in [-0.39, 0.29) is 36.0 Å². The van der Waals surface area contributed by atoms with Crippen LogP contribution in [0.25, 0.3) is 11.1 Å². The van der Waals surface area contributed by atoms with Crippen LogP contribution in [0.4, 0.5) is 10.5 Å². The van der Waals surface area contributed by atoms with Crippen molar-refractivity contribution >= 4 is 24.1 Å². The maximum absolute atomic E-state index is 12.5. The van der Waals surface area contributed by atoms with E-state index in [0.29, 0.717) is 32.5 Å². The number of likely N-dealkylation sites (tertiary alicyclic amines) is 1. The van der Waals surface area contributed by atoms with E-state index >= 15 is 0 Å². The molecule has 180 valence electrons. The number of nitriles is 1. The standard InChI is InChI=1S/C26H27N5O4/c1-16(33)28-12-25-24-10-20-8-17(3-5-23(20)31(24)26(34)35-25)18-2-4-22(29-11-18)9-21-14-30(15-32)13-19(21)6-7-27/h2-5,8,11,15,19,21,24-25H,6,9-10,12-14H2,1H3,(H,28,33)/t19?,21?,24-,25?/m0/s1. The van der Waals surface area contributed by atoms with Gasteiger partial charge in [0.1, 0.15) is 6.10 Å². The highest BCUT2D eigenvalue weighted by molar-refractivity contribution is 5.94. The summed E-state index contributed by atoms with van der Waals surface area (Å²) < 4.78 is 5.48. The lowest BCUT2D eigenvalue weighted by Gasteiger charge is -2.16. The molecule has 35 heavy (non-hydrogen) atoms. The van der Waals surface area contributed by atoms with Crippen LogP contribution in [-0.4, -0.2) is 60.1 Å². The Morgan fingerprint density at radius 3 is 2.77 bits per heavy atom. The fraction of sp³-hybridized carbons (Fsp3) is 0.423. The van der Waals surface area contributed by atoms with E-state index in [2.05, 4.69) is 22.4 Å². The van der Waals surface area contributed by atoms with Crippen LogP contribution in [0.2, 0.25) is 0 Å². The average Bonchev–Trinajstić information content (AvgIpc) is 3.51. The second-order valence-electron chi connectivity index (χ2n) is 9.53. The van der Waals surface area contributed by atoms with Crippen LogP contribution in [0.3, 0.4) is 0 Å². The van der Waals surface area contributed by atoms with Crippen LogP contribution >= 0.6 is 0 Å². The number of carbonyl (C=O) groups excluding carboxylic acids is 3. The summed E-state index contributed by atoms with van der Waals surface area (Å²) in [5.41, 5.74) is 4.87. The summed E-state index contributed by atoms with van der Waals surface area (Å²) in [5.74, 6) is 0.263. The normalized spacial score (nSPS) is 24.5. The number of nitrogens with one attached hydrogen (secondary N) is 1. The maximum atomic E-state index is 12.5. The summed E-state index contributed by atoms with van der Waals surface area (Å²) >= 11 is 0. The number of hydrogen-bond donors (Lipinski definition) is 1. The first kappa shape index (κ1) is 22.8. The van der Waals surface area contributed by atoms with Crippen molar-refractivity contribution in [2.24, 2.45) is 11.8 Å². The number of aromatic nitrogens is 1. The molecule has 1 N–H and O–H groups in total. The molecule has 4 atom stereocenters. The van der Waals surface area contributed by atoms with Gasteiger partial charge in [-0.3, -0.25) is 19.5 Å².